The molecule has 0 N–H and O–H groups in total. The average Bonchev–Trinajstić information content (AvgIpc) is 3.55. The van der Waals surface area contributed by atoms with Crippen molar-refractivity contribution in [2.75, 3.05) is 4.90 Å². The van der Waals surface area contributed by atoms with E-state index in [9.17, 15) is 0 Å². The monoisotopic (exact) mass is 589 g/mol. The van der Waals surface area contributed by atoms with E-state index in [0.717, 1.165) is 0 Å². The maximum absolute atomic E-state index is 2.65. The lowest BCUT2D eigenvalue weighted by atomic mass is 9.81. The molecule has 1 saturated carbocycles. The number of anilines is 2. The zero-order valence-corrected chi connectivity index (χ0v) is 26.3. The Balaban J connectivity index is 1.19. The van der Waals surface area contributed by atoms with Gasteiger partial charge >= 0.3 is 0 Å². The van der Waals surface area contributed by atoms with Crippen LogP contribution in [0.5, 0.6) is 0 Å². The van der Waals surface area contributed by atoms with Gasteiger partial charge in [-0.05, 0) is 121 Å². The first-order chi connectivity index (χ1) is 22.6. The van der Waals surface area contributed by atoms with Crippen LogP contribution in [0.2, 0.25) is 0 Å². The lowest BCUT2D eigenvalue weighted by Crippen LogP contribution is -2.40. The highest BCUT2D eigenvalue weighted by Crippen LogP contribution is 2.61. The number of hydrogen-bond acceptors (Lipinski definition) is 1. The summed E-state index contributed by atoms with van der Waals surface area (Å²) in [6.07, 6.45) is 2.49. The highest BCUT2D eigenvalue weighted by Gasteiger charge is 2.54. The topological polar surface area (TPSA) is 3.24 Å². The Kier molecular flexibility index (Phi) is 5.36. The highest BCUT2D eigenvalue weighted by atomic mass is 15.2. The van der Waals surface area contributed by atoms with Crippen LogP contribution in [0, 0.1) is 5.92 Å². The van der Waals surface area contributed by atoms with Gasteiger partial charge in [0.05, 0.1) is 0 Å². The van der Waals surface area contributed by atoms with Gasteiger partial charge in [0.1, 0.15) is 0 Å². The minimum atomic E-state index is 0.0996. The standard InChI is InChI=1S/C45H35N/c1-28-25-26-45(2)44(28)40-27-32(19-24-41(40)46(45)33-11-4-3-5-12-33)35-20-15-30-18-23-39-37(21-16-31-17-22-38(35)42(30)43(31)39)36-14-8-10-29-9-6-7-13-34(29)36/h3-24,27-28,44H,25-26H2,1-2H3. The zero-order chi connectivity index (χ0) is 30.6. The maximum Gasteiger partial charge on any atom is 0.0495 e. The minimum Gasteiger partial charge on any atom is -0.335 e. The summed E-state index contributed by atoms with van der Waals surface area (Å²) in [6.45, 7) is 4.96. The van der Waals surface area contributed by atoms with Crippen LogP contribution >= 0.6 is 0 Å². The lowest BCUT2D eigenvalue weighted by Gasteiger charge is -2.38. The van der Waals surface area contributed by atoms with Crippen LogP contribution in [0.4, 0.5) is 11.4 Å². The van der Waals surface area contributed by atoms with Crippen molar-refractivity contribution in [2.45, 2.75) is 38.1 Å². The third kappa shape index (κ3) is 3.46. The summed E-state index contributed by atoms with van der Waals surface area (Å²) in [7, 11) is 0. The first kappa shape index (κ1) is 26.1. The van der Waals surface area contributed by atoms with Crippen molar-refractivity contribution in [2.24, 2.45) is 5.92 Å². The molecule has 1 heteroatoms. The Bertz CT molecular complexity index is 2470. The molecule has 1 heterocycles. The van der Waals surface area contributed by atoms with Gasteiger partial charge in [-0.1, -0.05) is 122 Å². The van der Waals surface area contributed by atoms with E-state index >= 15 is 0 Å². The molecular weight excluding hydrogens is 555 g/mol. The second-order valence-electron chi connectivity index (χ2n) is 14.0. The van der Waals surface area contributed by atoms with Crippen molar-refractivity contribution in [3.63, 3.8) is 0 Å². The summed E-state index contributed by atoms with van der Waals surface area (Å²) in [4.78, 5) is 2.65. The van der Waals surface area contributed by atoms with Crippen LogP contribution in [-0.2, 0) is 0 Å². The Morgan fingerprint density at radius 1 is 0.565 bits per heavy atom. The van der Waals surface area contributed by atoms with Gasteiger partial charge in [-0.15, -0.1) is 0 Å². The molecule has 0 amide bonds. The van der Waals surface area contributed by atoms with E-state index in [2.05, 4.69) is 158 Å². The minimum absolute atomic E-state index is 0.0996. The zero-order valence-electron chi connectivity index (χ0n) is 26.3. The molecule has 1 aliphatic heterocycles. The van der Waals surface area contributed by atoms with Gasteiger partial charge in [-0.25, -0.2) is 0 Å². The summed E-state index contributed by atoms with van der Waals surface area (Å²) in [5.74, 6) is 1.17. The first-order valence-corrected chi connectivity index (χ1v) is 16.8. The maximum atomic E-state index is 2.65. The molecule has 46 heavy (non-hydrogen) atoms. The molecular formula is C45H35N. The van der Waals surface area contributed by atoms with Gasteiger partial charge in [0.2, 0.25) is 0 Å². The molecule has 220 valence electrons. The fourth-order valence-corrected chi connectivity index (χ4v) is 9.56. The summed E-state index contributed by atoms with van der Waals surface area (Å²) < 4.78 is 0. The molecule has 0 saturated heterocycles. The Morgan fingerprint density at radius 2 is 1.22 bits per heavy atom. The molecule has 8 aromatic rings. The molecule has 0 aromatic heterocycles. The highest BCUT2D eigenvalue weighted by molar-refractivity contribution is 6.28. The van der Waals surface area contributed by atoms with Crippen molar-refractivity contribution in [3.05, 3.63) is 145 Å². The van der Waals surface area contributed by atoms with Crippen LogP contribution in [0.3, 0.4) is 0 Å². The molecule has 3 unspecified atom stereocenters. The van der Waals surface area contributed by atoms with Crippen LogP contribution < -0.4 is 4.90 Å². The summed E-state index contributed by atoms with van der Waals surface area (Å²) in [5.41, 5.74) is 9.55. The SMILES string of the molecule is CC1CCC2(C)C1c1cc(-c3ccc4ccc5c(-c6cccc7ccccc67)ccc6ccc3c4c65)ccc1N2c1ccccc1. The molecule has 1 fully saturated rings. The quantitative estimate of drug-likeness (QED) is 0.185. The summed E-state index contributed by atoms with van der Waals surface area (Å²) in [5, 5.41) is 10.6. The van der Waals surface area contributed by atoms with Crippen molar-refractivity contribution in [1.29, 1.82) is 0 Å². The van der Waals surface area contributed by atoms with E-state index in [1.807, 2.05) is 0 Å². The number of rotatable bonds is 3. The average molecular weight is 590 g/mol. The predicted molar refractivity (Wildman–Crippen MR) is 197 cm³/mol. The van der Waals surface area contributed by atoms with E-state index in [1.165, 1.54) is 95.1 Å². The Labute approximate surface area is 270 Å². The second kappa shape index (κ2) is 9.44. The molecule has 2 aliphatic rings. The Morgan fingerprint density at radius 3 is 2.02 bits per heavy atom. The molecule has 3 atom stereocenters. The fraction of sp³-hybridized carbons (Fsp3) is 0.156. The van der Waals surface area contributed by atoms with Crippen LogP contribution in [0.1, 0.15) is 38.2 Å². The lowest BCUT2D eigenvalue weighted by molar-refractivity contribution is 0.414. The molecule has 10 rings (SSSR count). The number of fused-ring (bicyclic) bond motifs is 4. The molecule has 0 bridgehead atoms. The summed E-state index contributed by atoms with van der Waals surface area (Å²) >= 11 is 0. The molecule has 0 radical (unpaired) electrons. The molecule has 0 spiro atoms. The van der Waals surface area contributed by atoms with Crippen molar-refractivity contribution in [1.82, 2.24) is 0 Å². The smallest absolute Gasteiger partial charge is 0.0495 e. The fourth-order valence-electron chi connectivity index (χ4n) is 9.56. The number of nitrogens with zero attached hydrogens (tertiary/aromatic N) is 1. The summed E-state index contributed by atoms with van der Waals surface area (Å²) in [6, 6.07) is 52.5. The van der Waals surface area contributed by atoms with Gasteiger partial charge in [0.25, 0.3) is 0 Å². The van der Waals surface area contributed by atoms with Crippen molar-refractivity contribution in [3.8, 4) is 22.3 Å². The normalized spacial score (nSPS) is 20.7. The van der Waals surface area contributed by atoms with Gasteiger partial charge in [-0.2, -0.15) is 0 Å². The third-order valence-corrected chi connectivity index (χ3v) is 11.5. The van der Waals surface area contributed by atoms with Crippen LogP contribution in [0.15, 0.2) is 140 Å². The second-order valence-corrected chi connectivity index (χ2v) is 14.0. The first-order valence-electron chi connectivity index (χ1n) is 16.8. The van der Waals surface area contributed by atoms with Gasteiger partial charge < -0.3 is 4.90 Å². The van der Waals surface area contributed by atoms with E-state index in [1.54, 1.807) is 0 Å². The molecule has 1 aliphatic carbocycles. The van der Waals surface area contributed by atoms with E-state index < -0.39 is 0 Å². The number of hydrogen-bond donors (Lipinski definition) is 0. The number of para-hydroxylation sites is 1. The van der Waals surface area contributed by atoms with Crippen LogP contribution in [-0.4, -0.2) is 5.54 Å². The Hall–Kier alpha value is -5.14. The molecule has 1 nitrogen and oxygen atoms in total. The predicted octanol–water partition coefficient (Wildman–Crippen LogP) is 12.5. The van der Waals surface area contributed by atoms with Gasteiger partial charge in [0, 0.05) is 22.8 Å². The van der Waals surface area contributed by atoms with Gasteiger partial charge in [-0.3, -0.25) is 0 Å². The van der Waals surface area contributed by atoms with Crippen LogP contribution in [0.25, 0.3) is 65.3 Å². The van der Waals surface area contributed by atoms with Crippen molar-refractivity contribution < 1.29 is 0 Å². The van der Waals surface area contributed by atoms with E-state index in [-0.39, 0.29) is 5.54 Å². The van der Waals surface area contributed by atoms with Crippen molar-refractivity contribution >= 4 is 54.5 Å². The largest absolute Gasteiger partial charge is 0.335 e. The third-order valence-electron chi connectivity index (χ3n) is 11.5. The number of benzene rings is 8. The molecule has 8 aromatic carbocycles. The van der Waals surface area contributed by atoms with E-state index in [0.29, 0.717) is 11.8 Å². The van der Waals surface area contributed by atoms with E-state index in [4.69, 9.17) is 0 Å². The van der Waals surface area contributed by atoms with Gasteiger partial charge in [0.15, 0.2) is 0 Å².